The smallest absolute Gasteiger partial charge is 0.287 e. The van der Waals surface area contributed by atoms with Crippen LogP contribution in [-0.2, 0) is 37.6 Å². The lowest BCUT2D eigenvalue weighted by Crippen LogP contribution is -2.45. The molecular weight excluding hydrogens is 541 g/mol. The molecule has 1 unspecified atom stereocenters. The fraction of sp³-hybridized carbons (Fsp3) is 0.417. The number of anilines is 1. The van der Waals surface area contributed by atoms with Crippen LogP contribution in [0.15, 0.2) is 50.3 Å². The molecule has 0 bridgehead atoms. The summed E-state index contributed by atoms with van der Waals surface area (Å²) in [5, 5.41) is 15.8. The molecule has 2 N–H and O–H groups in total. The zero-order valence-electron chi connectivity index (χ0n) is 20.6. The Bertz CT molecular complexity index is 1490. The first-order chi connectivity index (χ1) is 17.2. The van der Waals surface area contributed by atoms with Crippen molar-refractivity contribution in [2.24, 2.45) is 16.2 Å². The Hall–Kier alpha value is -2.77. The molecule has 1 aromatic carbocycles. The Labute approximate surface area is 219 Å². The van der Waals surface area contributed by atoms with Crippen LogP contribution in [0.2, 0.25) is 0 Å². The molecule has 200 valence electrons. The van der Waals surface area contributed by atoms with E-state index in [-0.39, 0.29) is 58.2 Å². The van der Waals surface area contributed by atoms with E-state index in [2.05, 4.69) is 9.71 Å². The van der Waals surface area contributed by atoms with Crippen LogP contribution < -0.4 is 5.32 Å². The van der Waals surface area contributed by atoms with Crippen LogP contribution in [0.4, 0.5) is 9.39 Å². The van der Waals surface area contributed by atoms with E-state index in [9.17, 15) is 31.1 Å². The Kier molecular flexibility index (Phi) is 7.50. The molecule has 0 spiro atoms. The molecular formula is C24H28FN3O6S3. The number of halogens is 1. The van der Waals surface area contributed by atoms with Gasteiger partial charge in [0, 0.05) is 25.3 Å². The van der Waals surface area contributed by atoms with Gasteiger partial charge in [-0.2, -0.15) is 8.42 Å². The molecule has 1 atom stereocenters. The zero-order chi connectivity index (χ0) is 27.1. The van der Waals surface area contributed by atoms with Crippen molar-refractivity contribution in [3.63, 3.8) is 0 Å². The third-order valence-corrected chi connectivity index (χ3v) is 9.55. The minimum absolute atomic E-state index is 0.00518. The number of hydrogen-bond donors (Lipinski definition) is 2. The molecule has 0 fully saturated rings. The molecule has 0 radical (unpaired) electrons. The molecule has 4 rings (SSSR count). The van der Waals surface area contributed by atoms with Gasteiger partial charge in [-0.3, -0.25) is 4.79 Å². The number of amidine groups is 1. The molecule has 13 heteroatoms. The lowest BCUT2D eigenvalue weighted by molar-refractivity contribution is -0.129. The number of fused-ring (bicyclic) bond motifs is 1. The van der Waals surface area contributed by atoms with Gasteiger partial charge in [0.15, 0.2) is 5.84 Å². The highest BCUT2D eigenvalue weighted by Crippen LogP contribution is 2.39. The third kappa shape index (κ3) is 6.04. The Morgan fingerprint density at radius 1 is 1.27 bits per heavy atom. The van der Waals surface area contributed by atoms with E-state index in [0.29, 0.717) is 17.5 Å². The SMILES string of the molecule is CC(C)CC1CN(Cc2ccc(F)cc2)C(=O)C(C2=NS(=O)(=O)c3c(CCS(C)(=O)=O)csc3N2)=C1O. The number of hydrogen-bond acceptors (Lipinski definition) is 8. The number of benzene rings is 1. The van der Waals surface area contributed by atoms with Crippen LogP contribution in [0.1, 0.15) is 31.4 Å². The van der Waals surface area contributed by atoms with Crippen LogP contribution in [0, 0.1) is 17.7 Å². The zero-order valence-corrected chi connectivity index (χ0v) is 23.0. The Morgan fingerprint density at radius 3 is 2.57 bits per heavy atom. The maximum atomic E-state index is 13.5. The number of carbonyl (C=O) groups is 1. The van der Waals surface area contributed by atoms with Gasteiger partial charge in [-0.1, -0.05) is 26.0 Å². The minimum Gasteiger partial charge on any atom is -0.511 e. The summed E-state index contributed by atoms with van der Waals surface area (Å²) in [6, 6.07) is 5.72. The molecule has 37 heavy (non-hydrogen) atoms. The second-order valence-electron chi connectivity index (χ2n) is 9.74. The van der Waals surface area contributed by atoms with Crippen molar-refractivity contribution in [2.75, 3.05) is 23.9 Å². The summed E-state index contributed by atoms with van der Waals surface area (Å²) in [4.78, 5) is 14.9. The first-order valence-corrected chi connectivity index (χ1v) is 16.0. The van der Waals surface area contributed by atoms with E-state index < -0.39 is 37.5 Å². The van der Waals surface area contributed by atoms with E-state index in [0.717, 1.165) is 17.6 Å². The number of sulfone groups is 1. The van der Waals surface area contributed by atoms with E-state index >= 15 is 0 Å². The average molecular weight is 570 g/mol. The van der Waals surface area contributed by atoms with Crippen LogP contribution >= 0.6 is 11.3 Å². The number of aryl methyl sites for hydroxylation is 1. The Morgan fingerprint density at radius 2 is 1.95 bits per heavy atom. The van der Waals surface area contributed by atoms with Gasteiger partial charge in [0.25, 0.3) is 15.9 Å². The van der Waals surface area contributed by atoms with Gasteiger partial charge in [-0.05, 0) is 47.4 Å². The summed E-state index contributed by atoms with van der Waals surface area (Å²) in [7, 11) is -7.60. The molecule has 3 heterocycles. The number of nitrogens with one attached hydrogen (secondary N) is 1. The van der Waals surface area contributed by atoms with E-state index in [1.54, 1.807) is 17.5 Å². The molecule has 0 saturated heterocycles. The van der Waals surface area contributed by atoms with Crippen LogP contribution in [0.5, 0.6) is 0 Å². The van der Waals surface area contributed by atoms with Gasteiger partial charge in [0.1, 0.15) is 36.9 Å². The summed E-state index contributed by atoms with van der Waals surface area (Å²) >= 11 is 1.06. The summed E-state index contributed by atoms with van der Waals surface area (Å²) in [6.07, 6.45) is 1.62. The molecule has 2 aliphatic heterocycles. The first kappa shape index (κ1) is 27.3. The molecule has 1 amide bonds. The summed E-state index contributed by atoms with van der Waals surface area (Å²) in [6.45, 7) is 4.31. The second-order valence-corrected chi connectivity index (χ2v) is 14.4. The molecule has 1 aromatic heterocycles. The standard InChI is InChI=1S/C24H28FN3O6S3/c1-14(2)10-17-12-28(11-15-4-6-18(25)7-5-15)24(30)19(20(17)29)22-26-23-21(37(33,34)27-22)16(13-35-23)8-9-36(3,31)32/h4-7,13-14,17,29H,8-12H2,1-3H3,(H,26,27). The highest BCUT2D eigenvalue weighted by Gasteiger charge is 2.40. The molecule has 2 aromatic rings. The van der Waals surface area contributed by atoms with Crippen molar-refractivity contribution in [1.82, 2.24) is 4.90 Å². The number of sulfonamides is 1. The number of aliphatic hydroxyl groups is 1. The van der Waals surface area contributed by atoms with E-state index in [1.807, 2.05) is 13.8 Å². The number of aliphatic hydroxyl groups excluding tert-OH is 1. The van der Waals surface area contributed by atoms with Crippen LogP contribution in [0.3, 0.4) is 0 Å². The van der Waals surface area contributed by atoms with Crippen molar-refractivity contribution in [2.45, 2.75) is 38.1 Å². The predicted octanol–water partition coefficient (Wildman–Crippen LogP) is 3.50. The highest BCUT2D eigenvalue weighted by molar-refractivity contribution is 7.91. The summed E-state index contributed by atoms with van der Waals surface area (Å²) in [5.74, 6) is -1.99. The first-order valence-electron chi connectivity index (χ1n) is 11.6. The largest absolute Gasteiger partial charge is 0.511 e. The van der Waals surface area contributed by atoms with Gasteiger partial charge >= 0.3 is 0 Å². The topological polar surface area (TPSA) is 133 Å². The van der Waals surface area contributed by atoms with Crippen molar-refractivity contribution >= 4 is 47.9 Å². The quantitative estimate of drug-likeness (QED) is 0.497. The monoisotopic (exact) mass is 569 g/mol. The van der Waals surface area contributed by atoms with Crippen LogP contribution in [0.25, 0.3) is 0 Å². The summed E-state index contributed by atoms with van der Waals surface area (Å²) < 4.78 is 66.7. The maximum Gasteiger partial charge on any atom is 0.287 e. The van der Waals surface area contributed by atoms with Crippen molar-refractivity contribution in [3.05, 3.63) is 57.9 Å². The predicted molar refractivity (Wildman–Crippen MR) is 140 cm³/mol. The third-order valence-electron chi connectivity index (χ3n) is 6.12. The van der Waals surface area contributed by atoms with E-state index in [4.69, 9.17) is 0 Å². The van der Waals surface area contributed by atoms with Crippen LogP contribution in [-0.4, -0.2) is 57.1 Å². The molecule has 2 aliphatic rings. The second kappa shape index (κ2) is 10.2. The fourth-order valence-corrected chi connectivity index (χ4v) is 7.72. The number of carbonyl (C=O) groups excluding carboxylic acids is 1. The normalized spacial score (nSPS) is 19.6. The van der Waals surface area contributed by atoms with Gasteiger partial charge in [-0.25, -0.2) is 12.8 Å². The van der Waals surface area contributed by atoms with Crippen molar-refractivity contribution < 1.29 is 31.1 Å². The van der Waals surface area contributed by atoms with E-state index in [1.165, 1.54) is 17.0 Å². The number of amides is 1. The summed E-state index contributed by atoms with van der Waals surface area (Å²) in [5.41, 5.74) is 0.782. The molecule has 0 saturated carbocycles. The lowest BCUT2D eigenvalue weighted by atomic mass is 9.88. The number of thiophene rings is 1. The number of nitrogens with zero attached hydrogens (tertiary/aromatic N) is 2. The average Bonchev–Trinajstić information content (AvgIpc) is 3.20. The van der Waals surface area contributed by atoms with Gasteiger partial charge < -0.3 is 15.3 Å². The highest BCUT2D eigenvalue weighted by atomic mass is 32.2. The number of rotatable bonds is 8. The molecule has 9 nitrogen and oxygen atoms in total. The minimum atomic E-state index is -4.28. The van der Waals surface area contributed by atoms with Crippen molar-refractivity contribution in [3.8, 4) is 0 Å². The fourth-order valence-electron chi connectivity index (χ4n) is 4.46. The Balaban J connectivity index is 1.71. The van der Waals surface area contributed by atoms with Gasteiger partial charge in [0.2, 0.25) is 0 Å². The lowest BCUT2D eigenvalue weighted by Gasteiger charge is -2.35. The van der Waals surface area contributed by atoms with Crippen molar-refractivity contribution in [1.29, 1.82) is 0 Å². The molecule has 0 aliphatic carbocycles. The van der Waals surface area contributed by atoms with Gasteiger partial charge in [-0.15, -0.1) is 15.7 Å². The van der Waals surface area contributed by atoms with Gasteiger partial charge in [0.05, 0.1) is 5.75 Å². The maximum absolute atomic E-state index is 13.5.